The van der Waals surface area contributed by atoms with Crippen molar-refractivity contribution in [1.82, 2.24) is 15.5 Å². The van der Waals surface area contributed by atoms with Crippen LogP contribution < -0.4 is 10.1 Å². The van der Waals surface area contributed by atoms with Crippen molar-refractivity contribution in [2.24, 2.45) is 0 Å². The molecule has 0 aliphatic heterocycles. The van der Waals surface area contributed by atoms with Crippen LogP contribution in [0.1, 0.15) is 16.8 Å². The molecule has 0 unspecified atom stereocenters. The number of benzene rings is 1. The molecule has 0 saturated heterocycles. The lowest BCUT2D eigenvalue weighted by Crippen LogP contribution is -2.15. The highest BCUT2D eigenvalue weighted by molar-refractivity contribution is 6.31. The van der Waals surface area contributed by atoms with Crippen LogP contribution in [0, 0.1) is 6.92 Å². The minimum absolute atomic E-state index is 0.0870. The van der Waals surface area contributed by atoms with Gasteiger partial charge in [0.25, 0.3) is 0 Å². The number of halogens is 3. The van der Waals surface area contributed by atoms with E-state index in [4.69, 9.17) is 11.6 Å². The molecule has 0 atom stereocenters. The number of aromatic nitrogens is 2. The molecule has 0 spiro atoms. The average Bonchev–Trinajstić information content (AvgIpc) is 2.78. The lowest BCUT2D eigenvalue weighted by molar-refractivity contribution is -0.0504. The van der Waals surface area contributed by atoms with Gasteiger partial charge in [-0.25, -0.2) is 0 Å². The molecule has 2 rings (SSSR count). The highest BCUT2D eigenvalue weighted by Crippen LogP contribution is 2.27. The van der Waals surface area contributed by atoms with E-state index in [0.717, 1.165) is 11.3 Å². The predicted molar refractivity (Wildman–Crippen MR) is 72.0 cm³/mol. The number of hydrogen-bond acceptors (Lipinski definition) is 3. The van der Waals surface area contributed by atoms with Gasteiger partial charge >= 0.3 is 6.61 Å². The molecule has 0 aliphatic rings. The summed E-state index contributed by atoms with van der Waals surface area (Å²) in [6, 6.07) is 4.68. The number of aryl methyl sites for hydroxylation is 1. The van der Waals surface area contributed by atoms with E-state index in [1.54, 1.807) is 18.3 Å². The molecule has 4 nitrogen and oxygen atoms in total. The predicted octanol–water partition coefficient (Wildman–Crippen LogP) is 3.26. The van der Waals surface area contributed by atoms with Crippen LogP contribution in [0.25, 0.3) is 0 Å². The Kier molecular flexibility index (Phi) is 4.92. The third-order valence-electron chi connectivity index (χ3n) is 2.84. The normalized spacial score (nSPS) is 11.1. The summed E-state index contributed by atoms with van der Waals surface area (Å²) in [5.74, 6) is 0.0870. The minimum atomic E-state index is -2.87. The van der Waals surface area contributed by atoms with E-state index >= 15 is 0 Å². The number of ether oxygens (including phenoxy) is 1. The standard InChI is InChI=1S/C13H14ClF2N3O/c1-8-9(6-18-19-8)5-17-7-10-11(14)3-2-4-12(10)20-13(15)16/h2-4,6,13,17H,5,7H2,1H3,(H,18,19). The first kappa shape index (κ1) is 14.7. The maximum Gasteiger partial charge on any atom is 0.387 e. The molecule has 0 bridgehead atoms. The van der Waals surface area contributed by atoms with Crippen LogP contribution in [-0.4, -0.2) is 16.8 Å². The van der Waals surface area contributed by atoms with E-state index in [1.165, 1.54) is 6.07 Å². The molecule has 20 heavy (non-hydrogen) atoms. The van der Waals surface area contributed by atoms with Crippen LogP contribution in [0.4, 0.5) is 8.78 Å². The Hall–Kier alpha value is -1.66. The molecule has 0 aliphatic carbocycles. The largest absolute Gasteiger partial charge is 0.434 e. The quantitative estimate of drug-likeness (QED) is 0.861. The Morgan fingerprint density at radius 3 is 2.85 bits per heavy atom. The zero-order valence-electron chi connectivity index (χ0n) is 10.8. The topological polar surface area (TPSA) is 49.9 Å². The van der Waals surface area contributed by atoms with Crippen molar-refractivity contribution in [3.8, 4) is 5.75 Å². The first-order chi connectivity index (χ1) is 9.58. The van der Waals surface area contributed by atoms with Gasteiger partial charge in [0, 0.05) is 34.9 Å². The van der Waals surface area contributed by atoms with E-state index in [-0.39, 0.29) is 5.75 Å². The zero-order valence-corrected chi connectivity index (χ0v) is 11.5. The number of nitrogens with zero attached hydrogens (tertiary/aromatic N) is 1. The summed E-state index contributed by atoms with van der Waals surface area (Å²) in [4.78, 5) is 0. The van der Waals surface area contributed by atoms with E-state index in [0.29, 0.717) is 23.7 Å². The van der Waals surface area contributed by atoms with Crippen molar-refractivity contribution in [3.05, 3.63) is 46.2 Å². The molecule has 1 heterocycles. The molecule has 2 N–H and O–H groups in total. The van der Waals surface area contributed by atoms with Crippen LogP contribution in [-0.2, 0) is 13.1 Å². The van der Waals surface area contributed by atoms with E-state index in [9.17, 15) is 8.78 Å². The molecule has 108 valence electrons. The summed E-state index contributed by atoms with van der Waals surface area (Å²) in [5.41, 5.74) is 2.48. The summed E-state index contributed by atoms with van der Waals surface area (Å²) in [6.45, 7) is -0.0814. The number of H-pyrrole nitrogens is 1. The average molecular weight is 302 g/mol. The fourth-order valence-corrected chi connectivity index (χ4v) is 2.03. The molecule has 2 aromatic rings. The summed E-state index contributed by atoms with van der Waals surface area (Å²) >= 11 is 6.02. The van der Waals surface area contributed by atoms with Crippen molar-refractivity contribution in [2.75, 3.05) is 0 Å². The van der Waals surface area contributed by atoms with Crippen molar-refractivity contribution >= 4 is 11.6 Å². The fourth-order valence-electron chi connectivity index (χ4n) is 1.79. The molecular formula is C13H14ClF2N3O. The molecule has 0 amide bonds. The first-order valence-electron chi connectivity index (χ1n) is 5.99. The lowest BCUT2D eigenvalue weighted by Gasteiger charge is -2.13. The molecule has 1 aromatic heterocycles. The van der Waals surface area contributed by atoms with Gasteiger partial charge in [-0.3, -0.25) is 5.10 Å². The summed E-state index contributed by atoms with van der Waals surface area (Å²) < 4.78 is 29.1. The van der Waals surface area contributed by atoms with Gasteiger partial charge < -0.3 is 10.1 Å². The van der Waals surface area contributed by atoms with Gasteiger partial charge in [0.2, 0.25) is 0 Å². The van der Waals surface area contributed by atoms with Gasteiger partial charge in [0.15, 0.2) is 0 Å². The maximum atomic E-state index is 12.3. The smallest absolute Gasteiger partial charge is 0.387 e. The van der Waals surface area contributed by atoms with Crippen LogP contribution in [0.2, 0.25) is 5.02 Å². The van der Waals surface area contributed by atoms with Gasteiger partial charge in [0.05, 0.1) is 6.20 Å². The molecule has 0 saturated carbocycles. The van der Waals surface area contributed by atoms with Crippen LogP contribution in [0.5, 0.6) is 5.75 Å². The van der Waals surface area contributed by atoms with Crippen LogP contribution in [0.15, 0.2) is 24.4 Å². The first-order valence-corrected chi connectivity index (χ1v) is 6.37. The Bertz CT molecular complexity index is 574. The Morgan fingerprint density at radius 1 is 1.40 bits per heavy atom. The summed E-state index contributed by atoms with van der Waals surface area (Å²) in [7, 11) is 0. The van der Waals surface area contributed by atoms with Crippen molar-refractivity contribution in [1.29, 1.82) is 0 Å². The van der Waals surface area contributed by atoms with Crippen molar-refractivity contribution < 1.29 is 13.5 Å². The number of nitrogens with one attached hydrogen (secondary N) is 2. The highest BCUT2D eigenvalue weighted by atomic mass is 35.5. The minimum Gasteiger partial charge on any atom is -0.434 e. The number of aromatic amines is 1. The zero-order chi connectivity index (χ0) is 14.5. The monoisotopic (exact) mass is 301 g/mol. The third-order valence-corrected chi connectivity index (χ3v) is 3.20. The van der Waals surface area contributed by atoms with Gasteiger partial charge in [-0.1, -0.05) is 17.7 Å². The number of alkyl halides is 2. The molecule has 0 fully saturated rings. The van der Waals surface area contributed by atoms with Crippen molar-refractivity contribution in [3.63, 3.8) is 0 Å². The highest BCUT2D eigenvalue weighted by Gasteiger charge is 2.12. The molecule has 0 radical (unpaired) electrons. The molecule has 7 heteroatoms. The Labute approximate surface area is 120 Å². The maximum absolute atomic E-state index is 12.3. The third kappa shape index (κ3) is 3.68. The van der Waals surface area contributed by atoms with E-state index < -0.39 is 6.61 Å². The van der Waals surface area contributed by atoms with E-state index in [1.807, 2.05) is 6.92 Å². The summed E-state index contributed by atoms with van der Waals surface area (Å²) in [5, 5.41) is 10.3. The van der Waals surface area contributed by atoms with E-state index in [2.05, 4.69) is 20.3 Å². The lowest BCUT2D eigenvalue weighted by atomic mass is 10.2. The van der Waals surface area contributed by atoms with Crippen molar-refractivity contribution in [2.45, 2.75) is 26.6 Å². The SMILES string of the molecule is Cc1[nH]ncc1CNCc1c(Cl)cccc1OC(F)F. The van der Waals surface area contributed by atoms with Gasteiger partial charge in [-0.05, 0) is 19.1 Å². The summed E-state index contributed by atoms with van der Waals surface area (Å²) in [6.07, 6.45) is 1.71. The van der Waals surface area contributed by atoms with Gasteiger partial charge in [0.1, 0.15) is 5.75 Å². The van der Waals surface area contributed by atoms with Gasteiger partial charge in [-0.15, -0.1) is 0 Å². The van der Waals surface area contributed by atoms with Crippen LogP contribution >= 0.6 is 11.6 Å². The Morgan fingerprint density at radius 2 is 2.20 bits per heavy atom. The van der Waals surface area contributed by atoms with Crippen LogP contribution in [0.3, 0.4) is 0 Å². The number of rotatable bonds is 6. The second-order valence-corrected chi connectivity index (χ2v) is 4.63. The second-order valence-electron chi connectivity index (χ2n) is 4.22. The second kappa shape index (κ2) is 6.67. The fraction of sp³-hybridized carbons (Fsp3) is 0.308. The Balaban J connectivity index is 2.03. The van der Waals surface area contributed by atoms with Gasteiger partial charge in [-0.2, -0.15) is 13.9 Å². The number of hydrogen-bond donors (Lipinski definition) is 2. The molecular weight excluding hydrogens is 288 g/mol. The molecule has 1 aromatic carbocycles.